The molecule has 1 aromatic heterocycles. The molecule has 2 N–H and O–H groups in total. The lowest BCUT2D eigenvalue weighted by Crippen LogP contribution is -2.24. The van der Waals surface area contributed by atoms with Gasteiger partial charge in [-0.15, -0.1) is 6.58 Å². The molecule has 1 amide bonds. The molecule has 0 radical (unpaired) electrons. The van der Waals surface area contributed by atoms with Crippen molar-refractivity contribution in [3.05, 3.63) is 83.1 Å². The molecule has 0 aliphatic rings. The fraction of sp³-hybridized carbons (Fsp3) is 0.286. The van der Waals surface area contributed by atoms with Crippen LogP contribution in [0, 0.1) is 0 Å². The van der Waals surface area contributed by atoms with Crippen LogP contribution in [0.4, 0.5) is 0 Å². The van der Waals surface area contributed by atoms with E-state index in [0.29, 0.717) is 29.9 Å². The van der Waals surface area contributed by atoms with E-state index in [1.807, 2.05) is 50.4 Å². The lowest BCUT2D eigenvalue weighted by atomic mass is 9.87. The number of aromatic amines is 1. The van der Waals surface area contributed by atoms with Crippen molar-refractivity contribution < 1.29 is 19.1 Å². The lowest BCUT2D eigenvalue weighted by molar-refractivity contribution is -0.117. The Hall–Kier alpha value is -3.80. The zero-order chi connectivity index (χ0) is 24.7. The monoisotopic (exact) mass is 460 g/mol. The standard InChI is InChI=1S/C28H32N2O4/c1-6-8-21(22-11-10-20(28(32)34-5)16-26(22)33-4)24-17-30-25-12-9-19(15-23(24)25)14-18(3)27(31)29-13-7-2/h6,9-12,14-17,21,30H,1,7-8,13H2,2-5H3,(H,29,31). The van der Waals surface area contributed by atoms with Gasteiger partial charge < -0.3 is 19.8 Å². The van der Waals surface area contributed by atoms with Gasteiger partial charge in [0.2, 0.25) is 5.91 Å². The number of fused-ring (bicyclic) bond motifs is 1. The number of carbonyl (C=O) groups is 2. The van der Waals surface area contributed by atoms with Crippen LogP contribution in [0.3, 0.4) is 0 Å². The number of H-pyrrole nitrogens is 1. The molecule has 6 nitrogen and oxygen atoms in total. The topological polar surface area (TPSA) is 80.4 Å². The highest BCUT2D eigenvalue weighted by molar-refractivity contribution is 5.98. The highest BCUT2D eigenvalue weighted by Gasteiger charge is 2.22. The molecule has 2 aromatic carbocycles. The quantitative estimate of drug-likeness (QED) is 0.234. The molecule has 178 valence electrons. The number of hydrogen-bond acceptors (Lipinski definition) is 4. The predicted octanol–water partition coefficient (Wildman–Crippen LogP) is 5.60. The first-order valence-corrected chi connectivity index (χ1v) is 11.4. The van der Waals surface area contributed by atoms with Crippen molar-refractivity contribution in [2.24, 2.45) is 0 Å². The molecule has 3 rings (SSSR count). The number of rotatable bonds is 10. The molecule has 34 heavy (non-hydrogen) atoms. The molecule has 0 spiro atoms. The number of carbonyl (C=O) groups excluding carboxylic acids is 2. The van der Waals surface area contributed by atoms with Crippen LogP contribution in [0.15, 0.2) is 60.8 Å². The fourth-order valence-electron chi connectivity index (χ4n) is 4.06. The number of aromatic nitrogens is 1. The maximum atomic E-state index is 12.3. The average Bonchev–Trinajstić information content (AvgIpc) is 3.27. The van der Waals surface area contributed by atoms with Crippen LogP contribution in [0.1, 0.15) is 59.7 Å². The molecule has 0 aliphatic heterocycles. The minimum absolute atomic E-state index is 0.0407. The summed E-state index contributed by atoms with van der Waals surface area (Å²) in [5, 5.41) is 3.97. The van der Waals surface area contributed by atoms with Crippen LogP contribution < -0.4 is 10.1 Å². The van der Waals surface area contributed by atoms with E-state index in [1.165, 1.54) is 7.11 Å². The van der Waals surface area contributed by atoms with Crippen molar-refractivity contribution >= 4 is 28.9 Å². The summed E-state index contributed by atoms with van der Waals surface area (Å²) < 4.78 is 10.5. The van der Waals surface area contributed by atoms with E-state index in [-0.39, 0.29) is 11.8 Å². The summed E-state index contributed by atoms with van der Waals surface area (Å²) in [5.41, 5.74) is 5.08. The smallest absolute Gasteiger partial charge is 0.337 e. The summed E-state index contributed by atoms with van der Waals surface area (Å²) in [6, 6.07) is 11.5. The van der Waals surface area contributed by atoms with Gasteiger partial charge in [0.05, 0.1) is 19.8 Å². The van der Waals surface area contributed by atoms with Crippen LogP contribution in [0.2, 0.25) is 0 Å². The van der Waals surface area contributed by atoms with E-state index < -0.39 is 5.97 Å². The van der Waals surface area contributed by atoms with Crippen LogP contribution >= 0.6 is 0 Å². The summed E-state index contributed by atoms with van der Waals surface area (Å²) >= 11 is 0. The number of benzene rings is 2. The molecule has 0 fully saturated rings. The Balaban J connectivity index is 2.05. The maximum Gasteiger partial charge on any atom is 0.337 e. The number of allylic oxidation sites excluding steroid dienone is 1. The van der Waals surface area contributed by atoms with E-state index >= 15 is 0 Å². The first-order valence-electron chi connectivity index (χ1n) is 11.4. The summed E-state index contributed by atoms with van der Waals surface area (Å²) in [5.74, 6) is 0.104. The molecule has 1 atom stereocenters. The summed E-state index contributed by atoms with van der Waals surface area (Å²) in [4.78, 5) is 27.6. The van der Waals surface area contributed by atoms with Crippen LogP contribution in [0.25, 0.3) is 17.0 Å². The number of ether oxygens (including phenoxy) is 2. The molecule has 1 unspecified atom stereocenters. The highest BCUT2D eigenvalue weighted by atomic mass is 16.5. The molecule has 0 saturated heterocycles. The molecular weight excluding hydrogens is 428 g/mol. The third kappa shape index (κ3) is 5.39. The molecule has 0 bridgehead atoms. The van der Waals surface area contributed by atoms with Crippen molar-refractivity contribution in [2.75, 3.05) is 20.8 Å². The minimum Gasteiger partial charge on any atom is -0.496 e. The van der Waals surface area contributed by atoms with Crippen molar-refractivity contribution in [1.82, 2.24) is 10.3 Å². The number of esters is 1. The van der Waals surface area contributed by atoms with Gasteiger partial charge in [-0.1, -0.05) is 25.1 Å². The summed E-state index contributed by atoms with van der Waals surface area (Å²) in [6.45, 7) is 8.46. The Bertz CT molecular complexity index is 1220. The Morgan fingerprint density at radius 3 is 2.62 bits per heavy atom. The Labute approximate surface area is 200 Å². The molecular formula is C28H32N2O4. The second-order valence-electron chi connectivity index (χ2n) is 8.16. The van der Waals surface area contributed by atoms with E-state index in [2.05, 4.69) is 22.9 Å². The van der Waals surface area contributed by atoms with E-state index in [1.54, 1.807) is 19.2 Å². The van der Waals surface area contributed by atoms with Crippen molar-refractivity contribution in [1.29, 1.82) is 0 Å². The lowest BCUT2D eigenvalue weighted by Gasteiger charge is -2.19. The Morgan fingerprint density at radius 1 is 1.15 bits per heavy atom. The van der Waals surface area contributed by atoms with Gasteiger partial charge in [-0.2, -0.15) is 0 Å². The van der Waals surface area contributed by atoms with Crippen LogP contribution in [-0.2, 0) is 9.53 Å². The van der Waals surface area contributed by atoms with Gasteiger partial charge in [0.15, 0.2) is 0 Å². The molecule has 1 heterocycles. The predicted molar refractivity (Wildman–Crippen MR) is 136 cm³/mol. The Morgan fingerprint density at radius 2 is 1.94 bits per heavy atom. The molecule has 0 saturated carbocycles. The third-order valence-corrected chi connectivity index (χ3v) is 5.82. The minimum atomic E-state index is -0.410. The van der Waals surface area contributed by atoms with Gasteiger partial charge in [0.25, 0.3) is 0 Å². The van der Waals surface area contributed by atoms with E-state index in [4.69, 9.17) is 9.47 Å². The number of hydrogen-bond donors (Lipinski definition) is 2. The normalized spacial score (nSPS) is 12.3. The average molecular weight is 461 g/mol. The van der Waals surface area contributed by atoms with Gasteiger partial charge in [0, 0.05) is 40.7 Å². The van der Waals surface area contributed by atoms with Gasteiger partial charge in [0.1, 0.15) is 5.75 Å². The fourth-order valence-corrected chi connectivity index (χ4v) is 4.06. The largest absolute Gasteiger partial charge is 0.496 e. The van der Waals surface area contributed by atoms with Crippen molar-refractivity contribution in [3.8, 4) is 5.75 Å². The van der Waals surface area contributed by atoms with Crippen LogP contribution in [0.5, 0.6) is 5.75 Å². The molecule has 6 heteroatoms. The first kappa shape index (κ1) is 24.8. The maximum absolute atomic E-state index is 12.3. The SMILES string of the molecule is C=CCC(c1ccc(C(=O)OC)cc1OC)c1c[nH]c2ccc(C=C(C)C(=O)NCCC)cc12. The zero-order valence-corrected chi connectivity index (χ0v) is 20.2. The van der Waals surface area contributed by atoms with E-state index in [9.17, 15) is 9.59 Å². The number of methoxy groups -OCH3 is 2. The van der Waals surface area contributed by atoms with E-state index in [0.717, 1.165) is 34.0 Å². The summed E-state index contributed by atoms with van der Waals surface area (Å²) in [6.07, 6.45) is 7.35. The van der Waals surface area contributed by atoms with Crippen molar-refractivity contribution in [2.45, 2.75) is 32.6 Å². The Kier molecular flexibility index (Phi) is 8.30. The van der Waals surface area contributed by atoms with Gasteiger partial charge in [-0.05, 0) is 61.2 Å². The van der Waals surface area contributed by atoms with Crippen molar-refractivity contribution in [3.63, 3.8) is 0 Å². The molecule has 0 aliphatic carbocycles. The number of nitrogens with one attached hydrogen (secondary N) is 2. The zero-order valence-electron chi connectivity index (χ0n) is 20.2. The summed E-state index contributed by atoms with van der Waals surface area (Å²) in [7, 11) is 2.95. The van der Waals surface area contributed by atoms with Gasteiger partial charge >= 0.3 is 5.97 Å². The van der Waals surface area contributed by atoms with Crippen LogP contribution in [-0.4, -0.2) is 37.6 Å². The first-order chi connectivity index (χ1) is 16.4. The highest BCUT2D eigenvalue weighted by Crippen LogP contribution is 2.39. The van der Waals surface area contributed by atoms with Gasteiger partial charge in [-0.3, -0.25) is 4.79 Å². The second-order valence-corrected chi connectivity index (χ2v) is 8.16. The second kappa shape index (κ2) is 11.4. The van der Waals surface area contributed by atoms with Gasteiger partial charge in [-0.25, -0.2) is 4.79 Å². The third-order valence-electron chi connectivity index (χ3n) is 5.82. The molecule has 3 aromatic rings. The number of amides is 1.